The van der Waals surface area contributed by atoms with Crippen molar-refractivity contribution >= 4 is 17.7 Å². The first-order valence-corrected chi connectivity index (χ1v) is 11.3. The molecule has 2 aromatic carbocycles. The number of hydrogen-bond acceptors (Lipinski definition) is 6. The summed E-state index contributed by atoms with van der Waals surface area (Å²) in [5, 5.41) is 0. The number of ketones is 1. The van der Waals surface area contributed by atoms with Gasteiger partial charge in [0.2, 0.25) is 5.78 Å². The van der Waals surface area contributed by atoms with E-state index < -0.39 is 29.2 Å². The molecule has 3 rings (SSSR count). The number of allylic oxidation sites excluding steroid dienone is 1. The summed E-state index contributed by atoms with van der Waals surface area (Å²) in [5.41, 5.74) is 0.591. The molecule has 0 saturated heterocycles. The van der Waals surface area contributed by atoms with Gasteiger partial charge in [-0.05, 0) is 31.4 Å². The number of carbonyl (C=O) groups is 3. The molecule has 0 aromatic heterocycles. The van der Waals surface area contributed by atoms with Gasteiger partial charge in [-0.1, -0.05) is 67.1 Å². The quantitative estimate of drug-likeness (QED) is 0.403. The molecular formula is C27H30O6. The van der Waals surface area contributed by atoms with Crippen LogP contribution in [0.5, 0.6) is 0 Å². The lowest BCUT2D eigenvalue weighted by Gasteiger charge is -2.39. The topological polar surface area (TPSA) is 78.9 Å². The van der Waals surface area contributed by atoms with Gasteiger partial charge in [-0.15, -0.1) is 0 Å². The Kier molecular flexibility index (Phi) is 8.04. The highest BCUT2D eigenvalue weighted by molar-refractivity contribution is 6.15. The molecule has 6 heteroatoms. The van der Waals surface area contributed by atoms with Crippen molar-refractivity contribution in [1.82, 2.24) is 0 Å². The molecule has 33 heavy (non-hydrogen) atoms. The fourth-order valence-electron chi connectivity index (χ4n) is 3.91. The van der Waals surface area contributed by atoms with Crippen LogP contribution >= 0.6 is 0 Å². The van der Waals surface area contributed by atoms with Gasteiger partial charge in [-0.3, -0.25) is 9.59 Å². The molecule has 0 N–H and O–H groups in total. The standard InChI is InChI=1S/C27H30O6/c1-4-9-25(29)33-27(26(30)31-5-2)23(21-14-12-19(3)13-15-21)16-22(17-24(27)28)32-18-20-10-7-6-8-11-20/h6-8,10-15,17,23H,4-5,9,16,18H2,1-3H3. The van der Waals surface area contributed by atoms with Gasteiger partial charge in [0.15, 0.2) is 0 Å². The average molecular weight is 451 g/mol. The van der Waals surface area contributed by atoms with E-state index in [-0.39, 0.29) is 26.1 Å². The third-order valence-electron chi connectivity index (χ3n) is 5.61. The molecule has 1 aliphatic rings. The minimum atomic E-state index is -2.09. The largest absolute Gasteiger partial charge is 0.493 e. The minimum absolute atomic E-state index is 0.0564. The van der Waals surface area contributed by atoms with E-state index in [0.29, 0.717) is 17.7 Å². The lowest BCUT2D eigenvalue weighted by Crippen LogP contribution is -2.57. The van der Waals surface area contributed by atoms with Crippen LogP contribution in [-0.2, 0) is 35.2 Å². The van der Waals surface area contributed by atoms with Crippen LogP contribution in [0.15, 0.2) is 66.4 Å². The number of hydrogen-bond donors (Lipinski definition) is 0. The van der Waals surface area contributed by atoms with Gasteiger partial charge in [0.1, 0.15) is 12.4 Å². The summed E-state index contributed by atoms with van der Waals surface area (Å²) >= 11 is 0. The second-order valence-corrected chi connectivity index (χ2v) is 8.10. The van der Waals surface area contributed by atoms with Crippen LogP contribution in [0.1, 0.15) is 55.7 Å². The Balaban J connectivity index is 2.03. The fourth-order valence-corrected chi connectivity index (χ4v) is 3.91. The van der Waals surface area contributed by atoms with Crippen LogP contribution in [0.2, 0.25) is 0 Å². The third kappa shape index (κ3) is 5.51. The number of carbonyl (C=O) groups excluding carboxylic acids is 3. The van der Waals surface area contributed by atoms with Gasteiger partial charge in [0.05, 0.1) is 6.61 Å². The maximum Gasteiger partial charge on any atom is 0.359 e. The Morgan fingerprint density at radius 2 is 1.73 bits per heavy atom. The molecule has 0 radical (unpaired) electrons. The normalized spacial score (nSPS) is 20.0. The zero-order chi connectivity index (χ0) is 23.8. The molecule has 0 saturated carbocycles. The first-order chi connectivity index (χ1) is 15.9. The molecule has 0 aliphatic heterocycles. The molecule has 2 atom stereocenters. The molecule has 1 aliphatic carbocycles. The number of esters is 2. The van der Waals surface area contributed by atoms with Gasteiger partial charge in [0.25, 0.3) is 5.60 Å². The van der Waals surface area contributed by atoms with Crippen molar-refractivity contribution in [1.29, 1.82) is 0 Å². The molecule has 2 aromatic rings. The predicted molar refractivity (Wildman–Crippen MR) is 123 cm³/mol. The zero-order valence-electron chi connectivity index (χ0n) is 19.3. The highest BCUT2D eigenvalue weighted by Gasteiger charge is 2.59. The van der Waals surface area contributed by atoms with E-state index in [1.807, 2.05) is 68.4 Å². The van der Waals surface area contributed by atoms with Crippen molar-refractivity contribution in [3.8, 4) is 0 Å². The summed E-state index contributed by atoms with van der Waals surface area (Å²) in [6.07, 6.45) is 2.10. The molecule has 6 nitrogen and oxygen atoms in total. The molecule has 0 fully saturated rings. The molecule has 0 spiro atoms. The number of aryl methyl sites for hydroxylation is 1. The van der Waals surface area contributed by atoms with E-state index in [1.54, 1.807) is 6.92 Å². The van der Waals surface area contributed by atoms with Gasteiger partial charge < -0.3 is 14.2 Å². The van der Waals surface area contributed by atoms with E-state index in [1.165, 1.54) is 6.08 Å². The molecule has 174 valence electrons. The fraction of sp³-hybridized carbons (Fsp3) is 0.370. The van der Waals surface area contributed by atoms with Crippen LogP contribution in [0.3, 0.4) is 0 Å². The monoisotopic (exact) mass is 450 g/mol. The number of ether oxygens (including phenoxy) is 3. The van der Waals surface area contributed by atoms with Crippen molar-refractivity contribution in [3.63, 3.8) is 0 Å². The third-order valence-corrected chi connectivity index (χ3v) is 5.61. The van der Waals surface area contributed by atoms with Gasteiger partial charge in [0, 0.05) is 24.8 Å². The molecule has 0 bridgehead atoms. The van der Waals surface area contributed by atoms with Crippen molar-refractivity contribution in [2.24, 2.45) is 0 Å². The van der Waals surface area contributed by atoms with Crippen molar-refractivity contribution in [2.45, 2.75) is 58.2 Å². The molecule has 0 amide bonds. The minimum Gasteiger partial charge on any atom is -0.493 e. The Morgan fingerprint density at radius 3 is 2.36 bits per heavy atom. The molecular weight excluding hydrogens is 420 g/mol. The number of benzene rings is 2. The average Bonchev–Trinajstić information content (AvgIpc) is 2.80. The summed E-state index contributed by atoms with van der Waals surface area (Å²) in [7, 11) is 0. The van der Waals surface area contributed by atoms with Crippen LogP contribution in [0.4, 0.5) is 0 Å². The molecule has 0 heterocycles. The Hall–Kier alpha value is -3.41. The second-order valence-electron chi connectivity index (χ2n) is 8.10. The molecule has 2 unspecified atom stereocenters. The van der Waals surface area contributed by atoms with Crippen molar-refractivity contribution < 1.29 is 28.6 Å². The van der Waals surface area contributed by atoms with E-state index in [4.69, 9.17) is 14.2 Å². The first kappa shape index (κ1) is 24.2. The van der Waals surface area contributed by atoms with Gasteiger partial charge in [-0.25, -0.2) is 4.79 Å². The SMILES string of the molecule is CCCC(=O)OC1(C(=O)OCC)C(=O)C=C(OCc2ccccc2)CC1c1ccc(C)cc1. The van der Waals surface area contributed by atoms with E-state index in [2.05, 4.69) is 0 Å². The van der Waals surface area contributed by atoms with Crippen LogP contribution in [0, 0.1) is 6.92 Å². The number of rotatable bonds is 9. The summed E-state index contributed by atoms with van der Waals surface area (Å²) in [4.78, 5) is 39.3. The maximum absolute atomic E-state index is 13.5. The maximum atomic E-state index is 13.5. The van der Waals surface area contributed by atoms with E-state index in [9.17, 15) is 14.4 Å². The summed E-state index contributed by atoms with van der Waals surface area (Å²) in [6.45, 7) is 5.76. The summed E-state index contributed by atoms with van der Waals surface area (Å²) < 4.78 is 16.9. The van der Waals surface area contributed by atoms with Crippen molar-refractivity contribution in [2.75, 3.05) is 6.61 Å². The highest BCUT2D eigenvalue weighted by atomic mass is 16.6. The highest BCUT2D eigenvalue weighted by Crippen LogP contribution is 2.43. The zero-order valence-corrected chi connectivity index (χ0v) is 19.3. The van der Waals surface area contributed by atoms with Crippen molar-refractivity contribution in [3.05, 3.63) is 83.1 Å². The summed E-state index contributed by atoms with van der Waals surface area (Å²) in [6, 6.07) is 17.1. The van der Waals surface area contributed by atoms with Gasteiger partial charge in [-0.2, -0.15) is 0 Å². The van der Waals surface area contributed by atoms with E-state index >= 15 is 0 Å². The smallest absolute Gasteiger partial charge is 0.359 e. The Morgan fingerprint density at radius 1 is 1.03 bits per heavy atom. The van der Waals surface area contributed by atoms with Gasteiger partial charge >= 0.3 is 11.9 Å². The Bertz CT molecular complexity index is 1010. The van der Waals surface area contributed by atoms with Crippen LogP contribution in [-0.4, -0.2) is 29.9 Å². The predicted octanol–water partition coefficient (Wildman–Crippen LogP) is 4.80. The lowest BCUT2D eigenvalue weighted by molar-refractivity contribution is -0.188. The second kappa shape index (κ2) is 10.9. The Labute approximate surface area is 194 Å². The first-order valence-electron chi connectivity index (χ1n) is 11.3. The van der Waals surface area contributed by atoms with Crippen LogP contribution in [0.25, 0.3) is 0 Å². The van der Waals surface area contributed by atoms with Crippen LogP contribution < -0.4 is 0 Å². The van der Waals surface area contributed by atoms with E-state index in [0.717, 1.165) is 11.1 Å². The lowest BCUT2D eigenvalue weighted by atomic mass is 9.73. The summed E-state index contributed by atoms with van der Waals surface area (Å²) in [5.74, 6) is -2.46.